The van der Waals surface area contributed by atoms with Crippen LogP contribution in [0.5, 0.6) is 5.75 Å². The number of hydrogen-bond acceptors (Lipinski definition) is 4. The van der Waals surface area contributed by atoms with Crippen molar-refractivity contribution >= 4 is 15.9 Å². The number of carbonyl (C=O) groups excluding carboxylic acids is 1. The summed E-state index contributed by atoms with van der Waals surface area (Å²) < 4.78 is 68.7. The van der Waals surface area contributed by atoms with Crippen molar-refractivity contribution in [2.24, 2.45) is 5.41 Å². The van der Waals surface area contributed by atoms with E-state index < -0.39 is 34.9 Å². The van der Waals surface area contributed by atoms with Gasteiger partial charge in [0, 0.05) is 38.0 Å². The van der Waals surface area contributed by atoms with Crippen LogP contribution in [-0.2, 0) is 14.8 Å². The average molecular weight is 420 g/mol. The van der Waals surface area contributed by atoms with Crippen LogP contribution in [0.25, 0.3) is 0 Å². The molecule has 10 heteroatoms. The molecule has 2 fully saturated rings. The maximum absolute atomic E-state index is 12.8. The predicted molar refractivity (Wildman–Crippen MR) is 95.3 cm³/mol. The highest BCUT2D eigenvalue weighted by Crippen LogP contribution is 2.42. The van der Waals surface area contributed by atoms with E-state index in [1.54, 1.807) is 12.1 Å². The number of benzene rings is 1. The molecule has 2 aliphatic heterocycles. The molecule has 3 rings (SSSR count). The van der Waals surface area contributed by atoms with Gasteiger partial charge in [0.15, 0.2) is 0 Å². The smallest absolute Gasteiger partial charge is 0.389 e. The molecule has 1 amide bonds. The zero-order chi connectivity index (χ0) is 20.6. The summed E-state index contributed by atoms with van der Waals surface area (Å²) in [5.41, 5.74) is -0.181. The van der Waals surface area contributed by atoms with Crippen LogP contribution in [0.2, 0.25) is 0 Å². The summed E-state index contributed by atoms with van der Waals surface area (Å²) in [6, 6.07) is 6.19. The highest BCUT2D eigenvalue weighted by molar-refractivity contribution is 7.89. The molecule has 0 radical (unpaired) electrons. The lowest BCUT2D eigenvalue weighted by atomic mass is 9.72. The Bertz CT molecular complexity index is 808. The van der Waals surface area contributed by atoms with E-state index in [-0.39, 0.29) is 10.3 Å². The van der Waals surface area contributed by atoms with Gasteiger partial charge in [-0.3, -0.25) is 4.79 Å². The summed E-state index contributed by atoms with van der Waals surface area (Å²) >= 11 is 0. The van der Waals surface area contributed by atoms with Crippen LogP contribution in [0, 0.1) is 5.41 Å². The molecule has 2 aliphatic rings. The molecule has 0 aliphatic carbocycles. The summed E-state index contributed by atoms with van der Waals surface area (Å²) in [4.78, 5) is 13.5. The predicted octanol–water partition coefficient (Wildman–Crippen LogP) is 2.65. The number of amides is 1. The normalized spacial score (nSPS) is 20.1. The Morgan fingerprint density at radius 1 is 1.14 bits per heavy atom. The van der Waals surface area contributed by atoms with Crippen LogP contribution >= 0.6 is 0 Å². The Morgan fingerprint density at radius 2 is 1.71 bits per heavy atom. The molecule has 0 unspecified atom stereocenters. The van der Waals surface area contributed by atoms with E-state index in [9.17, 15) is 26.4 Å². The molecule has 156 valence electrons. The topological polar surface area (TPSA) is 66.9 Å². The minimum atomic E-state index is -4.33. The van der Waals surface area contributed by atoms with Crippen molar-refractivity contribution < 1.29 is 31.1 Å². The van der Waals surface area contributed by atoms with Crippen LogP contribution in [-0.4, -0.2) is 63.0 Å². The SMILES string of the molecule is COc1ccc(S(=O)(=O)N2CCC3(CC2)CN(C(=O)CCC(F)(F)F)C3)cc1. The summed E-state index contributed by atoms with van der Waals surface area (Å²) in [6.45, 7) is 1.47. The van der Waals surface area contributed by atoms with Gasteiger partial charge in [-0.15, -0.1) is 0 Å². The van der Waals surface area contributed by atoms with Crippen LogP contribution in [0.15, 0.2) is 29.2 Å². The summed E-state index contributed by atoms with van der Waals surface area (Å²) in [5, 5.41) is 0. The first-order valence-corrected chi connectivity index (χ1v) is 10.5. The van der Waals surface area contributed by atoms with Crippen molar-refractivity contribution in [3.05, 3.63) is 24.3 Å². The van der Waals surface area contributed by atoms with Gasteiger partial charge in [-0.05, 0) is 37.1 Å². The van der Waals surface area contributed by atoms with Crippen molar-refractivity contribution in [2.75, 3.05) is 33.3 Å². The molecule has 0 bridgehead atoms. The molecule has 2 saturated heterocycles. The first-order valence-electron chi connectivity index (χ1n) is 9.03. The minimum absolute atomic E-state index is 0.181. The zero-order valence-corrected chi connectivity index (χ0v) is 16.4. The third-order valence-electron chi connectivity index (χ3n) is 5.51. The number of nitrogens with zero attached hydrogens (tertiary/aromatic N) is 2. The summed E-state index contributed by atoms with van der Waals surface area (Å²) in [6.07, 6.45) is -4.79. The van der Waals surface area contributed by atoms with Crippen molar-refractivity contribution in [3.63, 3.8) is 0 Å². The highest BCUT2D eigenvalue weighted by Gasteiger charge is 2.48. The van der Waals surface area contributed by atoms with Gasteiger partial charge >= 0.3 is 6.18 Å². The van der Waals surface area contributed by atoms with Crippen LogP contribution in [0.4, 0.5) is 13.2 Å². The van der Waals surface area contributed by atoms with Gasteiger partial charge in [-0.25, -0.2) is 8.42 Å². The number of hydrogen-bond donors (Lipinski definition) is 0. The standard InChI is InChI=1S/C18H23F3N2O4S/c1-27-14-2-4-15(5-3-14)28(25,26)23-10-8-17(9-11-23)12-22(13-17)16(24)6-7-18(19,20)21/h2-5H,6-13H2,1H3. The van der Waals surface area contributed by atoms with Crippen LogP contribution in [0.1, 0.15) is 25.7 Å². The number of rotatable bonds is 5. The fraction of sp³-hybridized carbons (Fsp3) is 0.611. The quantitative estimate of drug-likeness (QED) is 0.735. The molecular formula is C18H23F3N2O4S. The Hall–Kier alpha value is -1.81. The number of piperidine rings is 1. The van der Waals surface area contributed by atoms with Crippen molar-refractivity contribution in [1.82, 2.24) is 9.21 Å². The van der Waals surface area contributed by atoms with Gasteiger partial charge in [0.25, 0.3) is 0 Å². The van der Waals surface area contributed by atoms with E-state index >= 15 is 0 Å². The van der Waals surface area contributed by atoms with E-state index in [0.29, 0.717) is 44.8 Å². The third-order valence-corrected chi connectivity index (χ3v) is 7.42. The first-order chi connectivity index (χ1) is 13.0. The van der Waals surface area contributed by atoms with Crippen LogP contribution in [0.3, 0.4) is 0 Å². The molecule has 2 heterocycles. The molecule has 1 aromatic carbocycles. The van der Waals surface area contributed by atoms with Crippen LogP contribution < -0.4 is 4.74 Å². The van der Waals surface area contributed by atoms with Crippen molar-refractivity contribution in [1.29, 1.82) is 0 Å². The lowest BCUT2D eigenvalue weighted by Crippen LogP contribution is -2.62. The second kappa shape index (κ2) is 7.55. The van der Waals surface area contributed by atoms with Gasteiger partial charge in [-0.1, -0.05) is 0 Å². The molecule has 0 N–H and O–H groups in total. The number of ether oxygens (including phenoxy) is 1. The number of likely N-dealkylation sites (tertiary alicyclic amines) is 1. The summed E-state index contributed by atoms with van der Waals surface area (Å²) in [5.74, 6) is 0.0810. The number of sulfonamides is 1. The molecule has 0 aromatic heterocycles. The lowest BCUT2D eigenvalue weighted by Gasteiger charge is -2.53. The van der Waals surface area contributed by atoms with Gasteiger partial charge in [0.2, 0.25) is 15.9 Å². The fourth-order valence-corrected chi connectivity index (χ4v) is 5.20. The molecule has 0 atom stereocenters. The van der Waals surface area contributed by atoms with E-state index in [1.165, 1.54) is 28.4 Å². The maximum Gasteiger partial charge on any atom is 0.389 e. The Labute approximate surface area is 162 Å². The number of methoxy groups -OCH3 is 1. The van der Waals surface area contributed by atoms with E-state index in [0.717, 1.165) is 0 Å². The minimum Gasteiger partial charge on any atom is -0.497 e. The zero-order valence-electron chi connectivity index (χ0n) is 15.5. The number of halogens is 3. The third kappa shape index (κ3) is 4.43. The van der Waals surface area contributed by atoms with Gasteiger partial charge in [0.1, 0.15) is 5.75 Å². The van der Waals surface area contributed by atoms with Gasteiger partial charge in [0.05, 0.1) is 18.4 Å². The molecule has 28 heavy (non-hydrogen) atoms. The molecule has 0 saturated carbocycles. The van der Waals surface area contributed by atoms with Crippen molar-refractivity contribution in [3.8, 4) is 5.75 Å². The average Bonchev–Trinajstić information content (AvgIpc) is 2.63. The second-order valence-corrected chi connectivity index (χ2v) is 9.38. The second-order valence-electron chi connectivity index (χ2n) is 7.44. The molecule has 1 aromatic rings. The fourth-order valence-electron chi connectivity index (χ4n) is 3.76. The lowest BCUT2D eigenvalue weighted by molar-refractivity contribution is -0.158. The van der Waals surface area contributed by atoms with Crippen molar-refractivity contribution in [2.45, 2.75) is 36.8 Å². The Morgan fingerprint density at radius 3 is 2.21 bits per heavy atom. The largest absolute Gasteiger partial charge is 0.497 e. The molecule has 1 spiro atoms. The number of alkyl halides is 3. The van der Waals surface area contributed by atoms with E-state index in [4.69, 9.17) is 4.74 Å². The highest BCUT2D eigenvalue weighted by atomic mass is 32.2. The Kier molecular flexibility index (Phi) is 5.64. The Balaban J connectivity index is 1.53. The number of carbonyl (C=O) groups is 1. The van der Waals surface area contributed by atoms with Gasteiger partial charge < -0.3 is 9.64 Å². The van der Waals surface area contributed by atoms with E-state index in [1.807, 2.05) is 0 Å². The molecule has 6 nitrogen and oxygen atoms in total. The van der Waals surface area contributed by atoms with Gasteiger partial charge in [-0.2, -0.15) is 17.5 Å². The first kappa shape index (κ1) is 20.9. The van der Waals surface area contributed by atoms with E-state index in [2.05, 4.69) is 0 Å². The monoisotopic (exact) mass is 420 g/mol. The summed E-state index contributed by atoms with van der Waals surface area (Å²) in [7, 11) is -2.10. The molecular weight excluding hydrogens is 397 g/mol. The maximum atomic E-state index is 12.8.